The monoisotopic (exact) mass is 289 g/mol. The van der Waals surface area contributed by atoms with Gasteiger partial charge >= 0.3 is 0 Å². The lowest BCUT2D eigenvalue weighted by atomic mass is 10.1. The van der Waals surface area contributed by atoms with Crippen LogP contribution in [-0.2, 0) is 11.3 Å². The summed E-state index contributed by atoms with van der Waals surface area (Å²) in [4.78, 5) is 12.5. The van der Waals surface area contributed by atoms with Gasteiger partial charge in [0.05, 0.1) is 11.5 Å². The van der Waals surface area contributed by atoms with Crippen molar-refractivity contribution in [1.29, 1.82) is 0 Å². The first-order valence-corrected chi connectivity index (χ1v) is 7.79. The van der Waals surface area contributed by atoms with Gasteiger partial charge in [-0.25, -0.2) is 9.97 Å². The normalized spacial score (nSPS) is 19.6. The lowest BCUT2D eigenvalue weighted by Gasteiger charge is -2.15. The van der Waals surface area contributed by atoms with Crippen LogP contribution in [0, 0.1) is 5.92 Å². The number of aromatic nitrogens is 2. The maximum absolute atomic E-state index is 5.23. The second-order valence-corrected chi connectivity index (χ2v) is 6.19. The second-order valence-electron chi connectivity index (χ2n) is 5.24. The van der Waals surface area contributed by atoms with E-state index in [0.717, 1.165) is 36.9 Å². The highest BCUT2D eigenvalue weighted by atomic mass is 32.1. The summed E-state index contributed by atoms with van der Waals surface area (Å²) in [5, 5.41) is 2.05. The Hall–Kier alpha value is -1.30. The van der Waals surface area contributed by atoms with Gasteiger partial charge in [-0.2, -0.15) is 0 Å². The molecule has 1 aliphatic heterocycles. The van der Waals surface area contributed by atoms with Gasteiger partial charge in [-0.15, -0.1) is 11.3 Å². The van der Waals surface area contributed by atoms with E-state index in [1.165, 1.54) is 12.0 Å². The highest BCUT2D eigenvalue weighted by molar-refractivity contribution is 7.13. The lowest BCUT2D eigenvalue weighted by Crippen LogP contribution is -2.21. The second kappa shape index (κ2) is 6.43. The van der Waals surface area contributed by atoms with Gasteiger partial charge in [0.25, 0.3) is 0 Å². The van der Waals surface area contributed by atoms with E-state index in [0.29, 0.717) is 5.92 Å². The zero-order valence-corrected chi connectivity index (χ0v) is 12.5. The van der Waals surface area contributed by atoms with E-state index < -0.39 is 0 Å². The van der Waals surface area contributed by atoms with Crippen LogP contribution >= 0.6 is 11.3 Å². The quantitative estimate of drug-likeness (QED) is 0.848. The van der Waals surface area contributed by atoms with Crippen molar-refractivity contribution < 1.29 is 4.74 Å². The highest BCUT2D eigenvalue weighted by Gasteiger charge is 2.22. The van der Waals surface area contributed by atoms with Crippen LogP contribution in [0.3, 0.4) is 0 Å². The van der Waals surface area contributed by atoms with Gasteiger partial charge < -0.3 is 4.74 Å². The summed E-state index contributed by atoms with van der Waals surface area (Å²) in [7, 11) is 1.78. The zero-order valence-electron chi connectivity index (χ0n) is 11.7. The predicted octanol–water partition coefficient (Wildman–Crippen LogP) is 2.67. The van der Waals surface area contributed by atoms with Gasteiger partial charge in [0.15, 0.2) is 5.82 Å². The van der Waals surface area contributed by atoms with Crippen molar-refractivity contribution in [3.05, 3.63) is 35.5 Å². The molecule has 106 valence electrons. The van der Waals surface area contributed by atoms with Crippen molar-refractivity contribution in [2.75, 3.05) is 26.8 Å². The van der Waals surface area contributed by atoms with Gasteiger partial charge in [-0.3, -0.25) is 4.90 Å². The number of rotatable bonds is 5. The van der Waals surface area contributed by atoms with Crippen LogP contribution in [0.25, 0.3) is 10.7 Å². The number of likely N-dealkylation sites (tertiary alicyclic amines) is 1. The Kier molecular flexibility index (Phi) is 4.40. The van der Waals surface area contributed by atoms with Crippen LogP contribution in [0.4, 0.5) is 0 Å². The van der Waals surface area contributed by atoms with Crippen molar-refractivity contribution in [3.8, 4) is 10.7 Å². The summed E-state index contributed by atoms with van der Waals surface area (Å²) in [5.41, 5.74) is 1.18. The van der Waals surface area contributed by atoms with Crippen molar-refractivity contribution >= 4 is 11.3 Å². The Morgan fingerprint density at radius 2 is 2.25 bits per heavy atom. The number of thiophene rings is 1. The van der Waals surface area contributed by atoms with E-state index in [-0.39, 0.29) is 0 Å². The maximum atomic E-state index is 5.23. The molecule has 0 aromatic carbocycles. The third-order valence-corrected chi connectivity index (χ3v) is 4.49. The number of hydrogen-bond acceptors (Lipinski definition) is 5. The van der Waals surface area contributed by atoms with Gasteiger partial charge in [-0.1, -0.05) is 6.07 Å². The molecule has 3 heterocycles. The van der Waals surface area contributed by atoms with Gasteiger partial charge in [0.1, 0.15) is 0 Å². The molecule has 5 heteroatoms. The van der Waals surface area contributed by atoms with Gasteiger partial charge in [0.2, 0.25) is 0 Å². The molecule has 1 atom stereocenters. The Labute approximate surface area is 123 Å². The van der Waals surface area contributed by atoms with E-state index in [1.807, 2.05) is 23.8 Å². The molecular weight excluding hydrogens is 270 g/mol. The summed E-state index contributed by atoms with van der Waals surface area (Å²) in [6, 6.07) is 4.08. The zero-order chi connectivity index (χ0) is 13.8. The van der Waals surface area contributed by atoms with Crippen LogP contribution in [0.15, 0.2) is 29.9 Å². The fraction of sp³-hybridized carbons (Fsp3) is 0.467. The summed E-state index contributed by atoms with van der Waals surface area (Å²) in [6.45, 7) is 4.05. The molecule has 0 amide bonds. The van der Waals surface area contributed by atoms with Gasteiger partial charge in [0, 0.05) is 38.2 Å². The first kappa shape index (κ1) is 13.7. The first-order valence-electron chi connectivity index (χ1n) is 6.91. The fourth-order valence-electron chi connectivity index (χ4n) is 2.66. The van der Waals surface area contributed by atoms with E-state index in [1.54, 1.807) is 18.4 Å². The Morgan fingerprint density at radius 1 is 1.40 bits per heavy atom. The van der Waals surface area contributed by atoms with Crippen molar-refractivity contribution in [1.82, 2.24) is 14.9 Å². The van der Waals surface area contributed by atoms with Crippen molar-refractivity contribution in [2.45, 2.75) is 13.0 Å². The number of hydrogen-bond donors (Lipinski definition) is 0. The maximum Gasteiger partial charge on any atom is 0.169 e. The molecule has 1 fully saturated rings. The third kappa shape index (κ3) is 3.23. The van der Waals surface area contributed by atoms with Crippen LogP contribution in [0.1, 0.15) is 12.0 Å². The first-order chi connectivity index (χ1) is 9.85. The highest BCUT2D eigenvalue weighted by Crippen LogP contribution is 2.21. The van der Waals surface area contributed by atoms with E-state index in [4.69, 9.17) is 4.74 Å². The minimum atomic E-state index is 0.673. The van der Waals surface area contributed by atoms with E-state index in [9.17, 15) is 0 Å². The molecule has 0 aliphatic carbocycles. The number of ether oxygens (including phenoxy) is 1. The molecule has 1 aliphatic rings. The molecule has 0 radical (unpaired) electrons. The molecule has 0 N–H and O–H groups in total. The third-order valence-electron chi connectivity index (χ3n) is 3.63. The number of nitrogens with zero attached hydrogens (tertiary/aromatic N) is 3. The summed E-state index contributed by atoms with van der Waals surface area (Å²) >= 11 is 1.67. The minimum absolute atomic E-state index is 0.673. The summed E-state index contributed by atoms with van der Waals surface area (Å²) < 4.78 is 5.23. The standard InChI is InChI=1S/C15H19N3OS/c1-19-11-12-4-5-18(9-12)10-13-7-16-15(17-8-13)14-3-2-6-20-14/h2-3,6-8,12H,4-5,9-11H2,1H3. The molecule has 0 saturated carbocycles. The average molecular weight is 289 g/mol. The molecule has 0 spiro atoms. The largest absolute Gasteiger partial charge is 0.384 e. The minimum Gasteiger partial charge on any atom is -0.384 e. The van der Waals surface area contributed by atoms with E-state index in [2.05, 4.69) is 20.9 Å². The average Bonchev–Trinajstić information content (AvgIpc) is 3.12. The molecule has 3 rings (SSSR count). The SMILES string of the molecule is COCC1CCN(Cc2cnc(-c3cccs3)nc2)C1. The molecular formula is C15H19N3OS. The van der Waals surface area contributed by atoms with Crippen molar-refractivity contribution in [2.24, 2.45) is 5.92 Å². The van der Waals surface area contributed by atoms with Gasteiger partial charge in [-0.05, 0) is 30.3 Å². The van der Waals surface area contributed by atoms with Crippen LogP contribution in [-0.4, -0.2) is 41.7 Å². The topological polar surface area (TPSA) is 38.2 Å². The molecule has 1 unspecified atom stereocenters. The molecule has 4 nitrogen and oxygen atoms in total. The van der Waals surface area contributed by atoms with E-state index >= 15 is 0 Å². The van der Waals surface area contributed by atoms with Crippen LogP contribution in [0.2, 0.25) is 0 Å². The predicted molar refractivity (Wildman–Crippen MR) is 80.6 cm³/mol. The fourth-order valence-corrected chi connectivity index (χ4v) is 3.33. The van der Waals surface area contributed by atoms with Crippen molar-refractivity contribution in [3.63, 3.8) is 0 Å². The Morgan fingerprint density at radius 3 is 2.95 bits per heavy atom. The molecule has 20 heavy (non-hydrogen) atoms. The summed E-state index contributed by atoms with van der Waals surface area (Å²) in [5.74, 6) is 1.49. The lowest BCUT2D eigenvalue weighted by molar-refractivity contribution is 0.152. The molecule has 2 aromatic heterocycles. The Bertz CT molecular complexity index is 527. The molecule has 2 aromatic rings. The number of methoxy groups -OCH3 is 1. The smallest absolute Gasteiger partial charge is 0.169 e. The molecule has 0 bridgehead atoms. The molecule has 1 saturated heterocycles. The van der Waals surface area contributed by atoms with Crippen LogP contribution in [0.5, 0.6) is 0 Å². The Balaban J connectivity index is 1.59. The van der Waals surface area contributed by atoms with Crippen LogP contribution < -0.4 is 0 Å². The summed E-state index contributed by atoms with van der Waals surface area (Å²) in [6.07, 6.45) is 5.12.